The van der Waals surface area contributed by atoms with Gasteiger partial charge in [-0.1, -0.05) is 146 Å². The molecule has 0 fully saturated rings. The van der Waals surface area contributed by atoms with Crippen LogP contribution in [0.1, 0.15) is 0 Å². The number of para-hydroxylation sites is 3. The van der Waals surface area contributed by atoms with Crippen LogP contribution in [0.2, 0.25) is 0 Å². The standard InChI is InChI=1S/C54H34N2/c1-2-12-39(13-3-1)56-53-31-26-36(35-22-27-40(28-23-35)55-51-20-10-8-18-46(51)47-19-9-11-21-52(47)55)33-50(53)48-30-25-38(34-54(48)56)37-24-29-45-43-16-5-4-14-41(43)42-15-6-7-17-44(42)49(45)32-37/h1-34H. The molecule has 0 aliphatic rings. The Hall–Kier alpha value is -7.42. The SMILES string of the molecule is c1ccc(-n2c3ccc(-c4ccc(-n5c6ccccc6c6ccccc65)cc4)cc3c3ccc(-c4ccc5c6ccccc6c6ccccc6c5c4)cc32)cc1. The molecular weight excluding hydrogens is 677 g/mol. The van der Waals surface area contributed by atoms with E-state index < -0.39 is 0 Å². The molecule has 260 valence electrons. The molecule has 12 aromatic rings. The van der Waals surface area contributed by atoms with E-state index in [1.54, 1.807) is 0 Å². The largest absolute Gasteiger partial charge is 0.309 e. The highest BCUT2D eigenvalue weighted by atomic mass is 15.0. The van der Waals surface area contributed by atoms with E-state index in [0.29, 0.717) is 0 Å². The molecule has 0 spiro atoms. The van der Waals surface area contributed by atoms with Crippen molar-refractivity contribution >= 4 is 75.9 Å². The first-order chi connectivity index (χ1) is 27.8. The summed E-state index contributed by atoms with van der Waals surface area (Å²) < 4.78 is 4.80. The first kappa shape index (κ1) is 31.0. The summed E-state index contributed by atoms with van der Waals surface area (Å²) in [7, 11) is 0. The van der Waals surface area contributed by atoms with E-state index >= 15 is 0 Å². The Balaban J connectivity index is 1.01. The lowest BCUT2D eigenvalue weighted by Crippen LogP contribution is -1.94. The average Bonchev–Trinajstić information content (AvgIpc) is 3.79. The maximum Gasteiger partial charge on any atom is 0.0547 e. The van der Waals surface area contributed by atoms with Crippen LogP contribution in [0.25, 0.3) is 110 Å². The van der Waals surface area contributed by atoms with E-state index in [4.69, 9.17) is 0 Å². The minimum atomic E-state index is 1.16. The number of nitrogens with zero attached hydrogens (tertiary/aromatic N) is 2. The number of hydrogen-bond acceptors (Lipinski definition) is 0. The zero-order chi connectivity index (χ0) is 36.7. The second-order valence-electron chi connectivity index (χ2n) is 14.9. The van der Waals surface area contributed by atoms with Crippen LogP contribution in [0, 0.1) is 0 Å². The molecule has 0 atom stereocenters. The van der Waals surface area contributed by atoms with E-state index in [1.165, 1.54) is 98.2 Å². The van der Waals surface area contributed by atoms with Crippen LogP contribution in [0.15, 0.2) is 206 Å². The fourth-order valence-corrected chi connectivity index (χ4v) is 9.33. The van der Waals surface area contributed by atoms with Crippen molar-refractivity contribution in [2.24, 2.45) is 0 Å². The second-order valence-corrected chi connectivity index (χ2v) is 14.9. The molecule has 0 unspecified atom stereocenters. The molecule has 0 bridgehead atoms. The number of aromatic nitrogens is 2. The lowest BCUT2D eigenvalue weighted by Gasteiger charge is -2.12. The predicted octanol–water partition coefficient (Wildman–Crippen LogP) is 14.7. The van der Waals surface area contributed by atoms with Gasteiger partial charge in [-0.05, 0) is 115 Å². The smallest absolute Gasteiger partial charge is 0.0547 e. The zero-order valence-corrected chi connectivity index (χ0v) is 30.5. The fraction of sp³-hybridized carbons (Fsp3) is 0. The topological polar surface area (TPSA) is 9.86 Å². The maximum atomic E-state index is 2.42. The van der Waals surface area contributed by atoms with Crippen molar-refractivity contribution < 1.29 is 0 Å². The average molecular weight is 711 g/mol. The van der Waals surface area contributed by atoms with Gasteiger partial charge in [0.25, 0.3) is 0 Å². The molecule has 12 rings (SSSR count). The Morgan fingerprint density at radius 2 is 0.571 bits per heavy atom. The summed E-state index contributed by atoms with van der Waals surface area (Å²) in [5.74, 6) is 0. The van der Waals surface area contributed by atoms with Gasteiger partial charge in [0.15, 0.2) is 0 Å². The van der Waals surface area contributed by atoms with E-state index in [-0.39, 0.29) is 0 Å². The van der Waals surface area contributed by atoms with Gasteiger partial charge in [-0.25, -0.2) is 0 Å². The van der Waals surface area contributed by atoms with Crippen molar-refractivity contribution in [3.8, 4) is 33.6 Å². The monoisotopic (exact) mass is 710 g/mol. The number of benzene rings is 10. The molecule has 0 N–H and O–H groups in total. The van der Waals surface area contributed by atoms with E-state index in [9.17, 15) is 0 Å². The third kappa shape index (κ3) is 4.57. The third-order valence-corrected chi connectivity index (χ3v) is 11.9. The molecular formula is C54H34N2. The van der Waals surface area contributed by atoms with E-state index in [2.05, 4.69) is 215 Å². The molecule has 0 radical (unpaired) electrons. The van der Waals surface area contributed by atoms with Gasteiger partial charge in [-0.3, -0.25) is 0 Å². The van der Waals surface area contributed by atoms with Crippen molar-refractivity contribution in [3.05, 3.63) is 206 Å². The Morgan fingerprint density at radius 3 is 1.21 bits per heavy atom. The van der Waals surface area contributed by atoms with Crippen LogP contribution in [0.4, 0.5) is 0 Å². The van der Waals surface area contributed by atoms with Gasteiger partial charge in [0, 0.05) is 32.9 Å². The second kappa shape index (κ2) is 12.0. The molecule has 0 amide bonds. The molecule has 0 aliphatic heterocycles. The summed E-state index contributed by atoms with van der Waals surface area (Å²) in [5.41, 5.74) is 12.0. The predicted molar refractivity (Wildman–Crippen MR) is 239 cm³/mol. The highest BCUT2D eigenvalue weighted by Crippen LogP contribution is 2.40. The van der Waals surface area contributed by atoms with Gasteiger partial charge in [0.1, 0.15) is 0 Å². The van der Waals surface area contributed by atoms with Crippen molar-refractivity contribution in [2.45, 2.75) is 0 Å². The van der Waals surface area contributed by atoms with Crippen LogP contribution < -0.4 is 0 Å². The quantitative estimate of drug-likeness (QED) is 0.161. The van der Waals surface area contributed by atoms with Gasteiger partial charge in [0.05, 0.1) is 22.1 Å². The number of fused-ring (bicyclic) bond motifs is 12. The summed E-state index contributed by atoms with van der Waals surface area (Å²) in [6.45, 7) is 0. The molecule has 0 aliphatic carbocycles. The van der Waals surface area contributed by atoms with Crippen molar-refractivity contribution in [2.75, 3.05) is 0 Å². The molecule has 0 saturated carbocycles. The Bertz CT molecular complexity index is 3420. The normalized spacial score (nSPS) is 11.9. The highest BCUT2D eigenvalue weighted by Gasteiger charge is 2.17. The molecule has 0 saturated heterocycles. The van der Waals surface area contributed by atoms with Gasteiger partial charge in [-0.2, -0.15) is 0 Å². The van der Waals surface area contributed by atoms with Crippen LogP contribution in [0.3, 0.4) is 0 Å². The summed E-state index contributed by atoms with van der Waals surface area (Å²) in [4.78, 5) is 0. The van der Waals surface area contributed by atoms with Crippen molar-refractivity contribution in [1.82, 2.24) is 9.13 Å². The minimum Gasteiger partial charge on any atom is -0.309 e. The number of hydrogen-bond donors (Lipinski definition) is 0. The van der Waals surface area contributed by atoms with E-state index in [0.717, 1.165) is 11.4 Å². The van der Waals surface area contributed by atoms with Crippen molar-refractivity contribution in [3.63, 3.8) is 0 Å². The lowest BCUT2D eigenvalue weighted by atomic mass is 9.92. The third-order valence-electron chi connectivity index (χ3n) is 11.9. The maximum absolute atomic E-state index is 2.42. The van der Waals surface area contributed by atoms with Crippen LogP contribution >= 0.6 is 0 Å². The summed E-state index contributed by atoms with van der Waals surface area (Å²) in [6, 6.07) is 75.7. The Labute approximate surface area is 323 Å². The van der Waals surface area contributed by atoms with Crippen LogP contribution in [0.5, 0.6) is 0 Å². The minimum absolute atomic E-state index is 1.16. The molecule has 2 heterocycles. The summed E-state index contributed by atoms with van der Waals surface area (Å²) in [6.07, 6.45) is 0. The molecule has 2 aromatic heterocycles. The van der Waals surface area contributed by atoms with E-state index in [1.807, 2.05) is 0 Å². The zero-order valence-electron chi connectivity index (χ0n) is 30.5. The first-order valence-corrected chi connectivity index (χ1v) is 19.3. The van der Waals surface area contributed by atoms with Crippen LogP contribution in [-0.2, 0) is 0 Å². The number of rotatable bonds is 4. The van der Waals surface area contributed by atoms with Gasteiger partial charge < -0.3 is 9.13 Å². The van der Waals surface area contributed by atoms with Crippen LogP contribution in [-0.4, -0.2) is 9.13 Å². The molecule has 10 aromatic carbocycles. The molecule has 56 heavy (non-hydrogen) atoms. The van der Waals surface area contributed by atoms with Gasteiger partial charge in [0.2, 0.25) is 0 Å². The highest BCUT2D eigenvalue weighted by molar-refractivity contribution is 6.26. The molecule has 2 nitrogen and oxygen atoms in total. The summed E-state index contributed by atoms with van der Waals surface area (Å²) >= 11 is 0. The lowest BCUT2D eigenvalue weighted by molar-refractivity contribution is 1.18. The summed E-state index contributed by atoms with van der Waals surface area (Å²) in [5, 5.41) is 12.8. The Kier molecular flexibility index (Phi) is 6.66. The first-order valence-electron chi connectivity index (χ1n) is 19.3. The van der Waals surface area contributed by atoms with Gasteiger partial charge in [-0.15, -0.1) is 0 Å². The van der Waals surface area contributed by atoms with Gasteiger partial charge >= 0.3 is 0 Å². The molecule has 2 heteroatoms. The van der Waals surface area contributed by atoms with Crippen molar-refractivity contribution in [1.29, 1.82) is 0 Å². The fourth-order valence-electron chi connectivity index (χ4n) is 9.33. The Morgan fingerprint density at radius 1 is 0.196 bits per heavy atom.